The molecule has 3 unspecified atom stereocenters. The second kappa shape index (κ2) is 13.3. The van der Waals surface area contributed by atoms with E-state index in [9.17, 15) is 9.59 Å². The average molecular weight is 731 g/mol. The zero-order valence-corrected chi connectivity index (χ0v) is 32.4. The molecule has 2 amide bonds. The van der Waals surface area contributed by atoms with E-state index in [1.807, 2.05) is 57.5 Å². The van der Waals surface area contributed by atoms with Gasteiger partial charge in [0.25, 0.3) is 0 Å². The Morgan fingerprint density at radius 1 is 0.961 bits per heavy atom. The standard InChI is InChI=1S/C39H50N6O4S2/c1-36(2,3)48-34(46)44-18-9-17-39(21-31(39)44)32-40-22-29(42-32)26-12-10-25(11-13-26)27-14-15-28-30(20-27)51-33(43-28)41-23-38(24-50-7)16-8-19-45(38)35(47)49-37(4,5)6/h10-15,20,22,31H,8-9,16-19,21,23-24H2,1-7H3,(H,40,42)(H,41,43). The van der Waals surface area contributed by atoms with Crippen LogP contribution in [-0.2, 0) is 14.9 Å². The molecule has 272 valence electrons. The maximum absolute atomic E-state index is 13.2. The SMILES string of the molecule is CSCC1(CNc2nc3ccc(-c4ccc(-c5cnc(C67CCCN(C(=O)OC(C)(C)C)C6C7)[nH]5)cc4)cc3s2)CCCN1C(=O)OC(C)(C)C. The van der Waals surface area contributed by atoms with E-state index in [-0.39, 0.29) is 29.2 Å². The van der Waals surface area contributed by atoms with Crippen molar-refractivity contribution in [2.24, 2.45) is 0 Å². The molecule has 10 nitrogen and oxygen atoms in total. The number of aromatic amines is 1. The number of fused-ring (bicyclic) bond motifs is 2. The van der Waals surface area contributed by atoms with Gasteiger partial charge in [-0.25, -0.2) is 19.6 Å². The van der Waals surface area contributed by atoms with E-state index in [0.29, 0.717) is 13.1 Å². The van der Waals surface area contributed by atoms with Crippen molar-refractivity contribution >= 4 is 50.6 Å². The number of hydrogen-bond donors (Lipinski definition) is 2. The van der Waals surface area contributed by atoms with Crippen molar-refractivity contribution in [2.45, 2.75) is 102 Å². The first-order valence-corrected chi connectivity index (χ1v) is 20.2. The van der Waals surface area contributed by atoms with Crippen LogP contribution in [0.4, 0.5) is 14.7 Å². The molecule has 4 aromatic rings. The summed E-state index contributed by atoms with van der Waals surface area (Å²) in [5.74, 6) is 1.79. The minimum Gasteiger partial charge on any atom is -0.444 e. The number of rotatable bonds is 8. The number of nitrogens with one attached hydrogen (secondary N) is 2. The maximum Gasteiger partial charge on any atom is 0.410 e. The number of likely N-dealkylation sites (tertiary alicyclic amines) is 2. The van der Waals surface area contributed by atoms with Crippen molar-refractivity contribution in [3.8, 4) is 22.4 Å². The van der Waals surface area contributed by atoms with Crippen LogP contribution in [0.5, 0.6) is 0 Å². The highest BCUT2D eigenvalue weighted by Gasteiger charge is 2.63. The van der Waals surface area contributed by atoms with Crippen LogP contribution in [-0.4, -0.2) is 91.4 Å². The zero-order valence-electron chi connectivity index (χ0n) is 30.8. The minimum absolute atomic E-state index is 0.116. The number of nitrogens with zero attached hydrogens (tertiary/aromatic N) is 4. The molecule has 2 saturated heterocycles. The van der Waals surface area contributed by atoms with E-state index in [4.69, 9.17) is 19.4 Å². The summed E-state index contributed by atoms with van der Waals surface area (Å²) in [5.41, 5.74) is 3.78. The number of carbonyl (C=O) groups excluding carboxylic acids is 2. The van der Waals surface area contributed by atoms with Crippen LogP contribution in [0.1, 0.15) is 79.5 Å². The first kappa shape index (κ1) is 35.6. The van der Waals surface area contributed by atoms with Crippen LogP contribution in [0.2, 0.25) is 0 Å². The van der Waals surface area contributed by atoms with Gasteiger partial charge < -0.3 is 24.7 Å². The Morgan fingerprint density at radius 3 is 2.37 bits per heavy atom. The van der Waals surface area contributed by atoms with Crippen molar-refractivity contribution in [2.75, 3.05) is 37.0 Å². The van der Waals surface area contributed by atoms with Gasteiger partial charge in [-0.15, -0.1) is 0 Å². The second-order valence-electron chi connectivity index (χ2n) is 16.3. The molecule has 0 bridgehead atoms. The highest BCUT2D eigenvalue weighted by atomic mass is 32.2. The van der Waals surface area contributed by atoms with Crippen molar-refractivity contribution in [3.63, 3.8) is 0 Å². The third kappa shape index (κ3) is 7.31. The molecule has 1 aliphatic carbocycles. The summed E-state index contributed by atoms with van der Waals surface area (Å²) >= 11 is 3.40. The third-order valence-electron chi connectivity index (χ3n) is 10.2. The lowest BCUT2D eigenvalue weighted by Gasteiger charge is -2.39. The Hall–Kier alpha value is -3.77. The minimum atomic E-state index is -0.533. The van der Waals surface area contributed by atoms with Gasteiger partial charge in [0, 0.05) is 31.4 Å². The summed E-state index contributed by atoms with van der Waals surface area (Å²) in [6.07, 6.45) is 8.30. The van der Waals surface area contributed by atoms with Gasteiger partial charge in [0.15, 0.2) is 5.13 Å². The van der Waals surface area contributed by atoms with Gasteiger partial charge in [0.2, 0.25) is 0 Å². The van der Waals surface area contributed by atoms with E-state index in [1.165, 1.54) is 0 Å². The van der Waals surface area contributed by atoms with Crippen molar-refractivity contribution < 1.29 is 19.1 Å². The Balaban J connectivity index is 1.02. The molecule has 3 fully saturated rings. The van der Waals surface area contributed by atoms with E-state index < -0.39 is 11.2 Å². The van der Waals surface area contributed by atoms with Gasteiger partial charge in [-0.2, -0.15) is 11.8 Å². The first-order valence-electron chi connectivity index (χ1n) is 18.0. The number of hydrogen-bond acceptors (Lipinski definition) is 9. The summed E-state index contributed by atoms with van der Waals surface area (Å²) in [6, 6.07) is 15.1. The van der Waals surface area contributed by atoms with Crippen LogP contribution in [0.25, 0.3) is 32.6 Å². The lowest BCUT2D eigenvalue weighted by atomic mass is 9.95. The quantitative estimate of drug-likeness (QED) is 0.185. The number of thioether (sulfide) groups is 1. The Labute approximate surface area is 309 Å². The number of thiazole rings is 1. The Bertz CT molecular complexity index is 1910. The van der Waals surface area contributed by atoms with E-state index in [2.05, 4.69) is 59.0 Å². The van der Waals surface area contributed by atoms with Crippen LogP contribution >= 0.6 is 23.1 Å². The van der Waals surface area contributed by atoms with Crippen LogP contribution in [0.3, 0.4) is 0 Å². The van der Waals surface area contributed by atoms with E-state index in [1.54, 1.807) is 23.1 Å². The fourth-order valence-electron chi connectivity index (χ4n) is 7.77. The predicted molar refractivity (Wildman–Crippen MR) is 207 cm³/mol. The van der Waals surface area contributed by atoms with Gasteiger partial charge in [0.1, 0.15) is 17.0 Å². The maximum atomic E-state index is 13.2. The highest BCUT2D eigenvalue weighted by molar-refractivity contribution is 7.98. The summed E-state index contributed by atoms with van der Waals surface area (Å²) in [5, 5.41) is 4.45. The fraction of sp³-hybridized carbons (Fsp3) is 0.538. The monoisotopic (exact) mass is 730 g/mol. The zero-order chi connectivity index (χ0) is 36.2. The van der Waals surface area contributed by atoms with Crippen LogP contribution in [0.15, 0.2) is 48.7 Å². The second-order valence-corrected chi connectivity index (χ2v) is 18.2. The number of H-pyrrole nitrogens is 1. The summed E-state index contributed by atoms with van der Waals surface area (Å²) in [6.45, 7) is 13.5. The smallest absolute Gasteiger partial charge is 0.410 e. The molecule has 2 aromatic heterocycles. The topological polar surface area (TPSA) is 113 Å². The largest absolute Gasteiger partial charge is 0.444 e. The predicted octanol–water partition coefficient (Wildman–Crippen LogP) is 8.94. The summed E-state index contributed by atoms with van der Waals surface area (Å²) in [4.78, 5) is 43.2. The summed E-state index contributed by atoms with van der Waals surface area (Å²) in [7, 11) is 0. The molecule has 4 heterocycles. The number of carbonyl (C=O) groups is 2. The normalized spacial score (nSPS) is 23.3. The average Bonchev–Trinajstić information content (AvgIpc) is 3.39. The molecule has 3 aliphatic rings. The molecule has 3 atom stereocenters. The van der Waals surface area contributed by atoms with Crippen molar-refractivity contribution in [1.29, 1.82) is 0 Å². The molecule has 51 heavy (non-hydrogen) atoms. The number of benzene rings is 2. The molecule has 7 rings (SSSR count). The lowest BCUT2D eigenvalue weighted by Crippen LogP contribution is -2.54. The molecule has 2 aliphatic heterocycles. The highest BCUT2D eigenvalue weighted by Crippen LogP contribution is 2.56. The van der Waals surface area contributed by atoms with Gasteiger partial charge >= 0.3 is 12.2 Å². The van der Waals surface area contributed by atoms with Crippen LogP contribution in [0, 0.1) is 0 Å². The van der Waals surface area contributed by atoms with E-state index in [0.717, 1.165) is 88.0 Å². The Morgan fingerprint density at radius 2 is 1.65 bits per heavy atom. The van der Waals surface area contributed by atoms with Gasteiger partial charge in [0.05, 0.1) is 33.1 Å². The Kier molecular flexibility index (Phi) is 9.31. The number of anilines is 1. The molecule has 12 heteroatoms. The molecule has 2 N–H and O–H groups in total. The number of piperidine rings is 1. The number of imidazole rings is 1. The molecule has 0 spiro atoms. The molecular formula is C39H50N6O4S2. The van der Waals surface area contributed by atoms with Gasteiger partial charge in [-0.05, 0) is 109 Å². The number of amides is 2. The number of ether oxygens (including phenoxy) is 2. The summed E-state index contributed by atoms with van der Waals surface area (Å²) < 4.78 is 12.6. The fourth-order valence-corrected chi connectivity index (χ4v) is 9.61. The van der Waals surface area contributed by atoms with Crippen molar-refractivity contribution in [1.82, 2.24) is 24.8 Å². The van der Waals surface area contributed by atoms with Crippen molar-refractivity contribution in [3.05, 3.63) is 54.5 Å². The number of aromatic nitrogens is 3. The van der Waals surface area contributed by atoms with Gasteiger partial charge in [-0.1, -0.05) is 41.7 Å². The molecule has 1 saturated carbocycles. The van der Waals surface area contributed by atoms with Gasteiger partial charge in [-0.3, -0.25) is 4.90 Å². The molecule has 2 aromatic carbocycles. The van der Waals surface area contributed by atoms with E-state index >= 15 is 0 Å². The molecular weight excluding hydrogens is 681 g/mol. The lowest BCUT2D eigenvalue weighted by molar-refractivity contribution is 0.0130. The van der Waals surface area contributed by atoms with Crippen LogP contribution < -0.4 is 5.32 Å². The third-order valence-corrected chi connectivity index (χ3v) is 12.0. The molecule has 0 radical (unpaired) electrons. The first-order chi connectivity index (χ1) is 24.2.